The monoisotopic (exact) mass is 341 g/mol. The largest absolute Gasteiger partial charge is 0.434 e. The number of rotatable bonds is 6. The van der Waals surface area contributed by atoms with Crippen LogP contribution in [0.25, 0.3) is 10.6 Å². The molecule has 1 aromatic heterocycles. The van der Waals surface area contributed by atoms with Crippen LogP contribution in [0.5, 0.6) is 5.75 Å². The van der Waals surface area contributed by atoms with E-state index in [2.05, 4.69) is 18.6 Å². The van der Waals surface area contributed by atoms with E-state index in [1.54, 1.807) is 18.3 Å². The second-order valence-electron chi connectivity index (χ2n) is 5.44. The lowest BCUT2D eigenvalue weighted by molar-refractivity contribution is -0.0494. The first-order chi connectivity index (χ1) is 10.4. The standard InChI is InChI=1S/C16H18F2NOPS/c1-4-11-8-19-14(22-11)12-7-10(16(2,3)9-21)5-6-13(12)20-15(17)18/h5-9,15,21H,4H2,1-3H3. The maximum atomic E-state index is 12.6. The molecule has 1 heterocycles. The van der Waals surface area contributed by atoms with Crippen LogP contribution in [0.4, 0.5) is 8.78 Å². The van der Waals surface area contributed by atoms with Crippen LogP contribution in [0.1, 0.15) is 31.2 Å². The highest BCUT2D eigenvalue weighted by molar-refractivity contribution is 7.18. The van der Waals surface area contributed by atoms with Crippen molar-refractivity contribution >= 4 is 26.0 Å². The molecule has 0 unspecified atom stereocenters. The molecule has 2 nitrogen and oxygen atoms in total. The summed E-state index contributed by atoms with van der Waals surface area (Å²) in [5.41, 5.74) is 1.36. The van der Waals surface area contributed by atoms with E-state index in [9.17, 15) is 8.78 Å². The molecule has 0 aliphatic heterocycles. The predicted octanol–water partition coefficient (Wildman–Crippen LogP) is 5.20. The lowest BCUT2D eigenvalue weighted by Crippen LogP contribution is -2.17. The van der Waals surface area contributed by atoms with Gasteiger partial charge in [-0.2, -0.15) is 8.78 Å². The number of hydrogen-bond donors (Lipinski definition) is 0. The second kappa shape index (κ2) is 6.84. The highest BCUT2D eigenvalue weighted by atomic mass is 32.1. The van der Waals surface area contributed by atoms with Gasteiger partial charge in [0.25, 0.3) is 0 Å². The van der Waals surface area contributed by atoms with Gasteiger partial charge in [0.05, 0.1) is 5.56 Å². The Bertz CT molecular complexity index is 670. The normalized spacial score (nSPS) is 11.7. The van der Waals surface area contributed by atoms with Gasteiger partial charge in [-0.05, 0) is 24.1 Å². The maximum absolute atomic E-state index is 12.6. The number of thiazole rings is 1. The highest BCUT2D eigenvalue weighted by Crippen LogP contribution is 2.37. The van der Waals surface area contributed by atoms with Crippen molar-refractivity contribution in [1.29, 1.82) is 0 Å². The van der Waals surface area contributed by atoms with Crippen molar-refractivity contribution in [3.63, 3.8) is 0 Å². The van der Waals surface area contributed by atoms with Gasteiger partial charge in [0.15, 0.2) is 0 Å². The molecule has 118 valence electrons. The topological polar surface area (TPSA) is 22.1 Å². The smallest absolute Gasteiger partial charge is 0.387 e. The van der Waals surface area contributed by atoms with Crippen LogP contribution in [0.2, 0.25) is 0 Å². The summed E-state index contributed by atoms with van der Waals surface area (Å²) in [6.07, 6.45) is 2.64. The number of aryl methyl sites for hydroxylation is 1. The Labute approximate surface area is 135 Å². The van der Waals surface area contributed by atoms with Gasteiger partial charge >= 0.3 is 6.61 Å². The molecule has 0 saturated carbocycles. The molecule has 22 heavy (non-hydrogen) atoms. The number of alkyl halides is 2. The third kappa shape index (κ3) is 3.71. The molecule has 0 fully saturated rings. The van der Waals surface area contributed by atoms with Crippen molar-refractivity contribution in [1.82, 2.24) is 4.98 Å². The van der Waals surface area contributed by atoms with E-state index in [0.717, 1.165) is 16.9 Å². The van der Waals surface area contributed by atoms with E-state index >= 15 is 0 Å². The van der Waals surface area contributed by atoms with Gasteiger partial charge in [-0.1, -0.05) is 32.6 Å². The van der Waals surface area contributed by atoms with E-state index < -0.39 is 6.61 Å². The molecule has 0 spiro atoms. The minimum atomic E-state index is -2.86. The molecule has 6 heteroatoms. The summed E-state index contributed by atoms with van der Waals surface area (Å²) in [4.78, 5) is 5.45. The van der Waals surface area contributed by atoms with Crippen LogP contribution in [0.15, 0.2) is 24.4 Å². The van der Waals surface area contributed by atoms with Gasteiger partial charge in [0.1, 0.15) is 10.8 Å². The number of aromatic nitrogens is 1. The molecule has 2 aromatic rings. The Morgan fingerprint density at radius 2 is 2.14 bits per heavy atom. The number of benzene rings is 1. The number of nitrogens with zero attached hydrogens (tertiary/aromatic N) is 1. The number of halogens is 2. The summed E-state index contributed by atoms with van der Waals surface area (Å²) in [6.45, 7) is 3.25. The Morgan fingerprint density at radius 3 is 2.68 bits per heavy atom. The first kappa shape index (κ1) is 17.0. The summed E-state index contributed by atoms with van der Waals surface area (Å²) in [6, 6.07) is 5.25. The summed E-state index contributed by atoms with van der Waals surface area (Å²) in [5, 5.41) is 0.694. The molecule has 0 aliphatic rings. The van der Waals surface area contributed by atoms with E-state index in [0.29, 0.717) is 10.6 Å². The fourth-order valence-electron chi connectivity index (χ4n) is 1.98. The second-order valence-corrected chi connectivity index (χ2v) is 6.84. The Morgan fingerprint density at radius 1 is 1.41 bits per heavy atom. The summed E-state index contributed by atoms with van der Waals surface area (Å²) < 4.78 is 29.9. The highest BCUT2D eigenvalue weighted by Gasteiger charge is 2.21. The minimum Gasteiger partial charge on any atom is -0.434 e. The first-order valence-electron chi connectivity index (χ1n) is 6.93. The summed E-state index contributed by atoms with van der Waals surface area (Å²) >= 11 is 1.50. The number of ether oxygens (including phenoxy) is 1. The molecule has 0 radical (unpaired) electrons. The first-order valence-corrected chi connectivity index (χ1v) is 8.32. The third-order valence-corrected chi connectivity index (χ3v) is 5.33. The molecule has 1 aromatic carbocycles. The molecule has 0 amide bonds. The third-order valence-electron chi connectivity index (χ3n) is 3.43. The molecular weight excluding hydrogens is 323 g/mol. The molecule has 0 bridgehead atoms. The van der Waals surface area contributed by atoms with Gasteiger partial charge in [0.2, 0.25) is 0 Å². The quantitative estimate of drug-likeness (QED) is 0.674. The molecule has 2 rings (SSSR count). The molecule has 0 atom stereocenters. The van der Waals surface area contributed by atoms with Crippen molar-refractivity contribution in [3.8, 4) is 16.3 Å². The van der Waals surface area contributed by atoms with Crippen LogP contribution >= 0.6 is 20.2 Å². The molecular formula is C16H18F2NOPS. The summed E-state index contributed by atoms with van der Waals surface area (Å²) in [7, 11) is 3.42. The zero-order valence-electron chi connectivity index (χ0n) is 12.7. The van der Waals surface area contributed by atoms with Gasteiger partial charge in [-0.3, -0.25) is 0 Å². The van der Waals surface area contributed by atoms with Crippen LogP contribution in [-0.4, -0.2) is 17.4 Å². The fraction of sp³-hybridized carbons (Fsp3) is 0.375. The average molecular weight is 341 g/mol. The zero-order chi connectivity index (χ0) is 16.3. The van der Waals surface area contributed by atoms with Gasteiger partial charge in [-0.15, -0.1) is 20.2 Å². The number of hydrogen-bond acceptors (Lipinski definition) is 3. The van der Waals surface area contributed by atoms with Crippen LogP contribution in [0.3, 0.4) is 0 Å². The van der Waals surface area contributed by atoms with Crippen molar-refractivity contribution < 1.29 is 13.5 Å². The Kier molecular flexibility index (Phi) is 5.30. The van der Waals surface area contributed by atoms with Crippen molar-refractivity contribution in [2.24, 2.45) is 0 Å². The molecule has 0 N–H and O–H groups in total. The van der Waals surface area contributed by atoms with Crippen LogP contribution in [0, 0.1) is 0 Å². The van der Waals surface area contributed by atoms with Gasteiger partial charge < -0.3 is 4.74 Å². The van der Waals surface area contributed by atoms with Crippen molar-refractivity contribution in [2.75, 3.05) is 0 Å². The Balaban J connectivity index is 2.54. The van der Waals surface area contributed by atoms with E-state index in [1.807, 2.05) is 32.6 Å². The van der Waals surface area contributed by atoms with Crippen LogP contribution < -0.4 is 4.74 Å². The van der Waals surface area contributed by atoms with Gasteiger partial charge in [0, 0.05) is 16.5 Å². The van der Waals surface area contributed by atoms with Crippen LogP contribution in [-0.2, 0) is 11.8 Å². The SMILES string of the molecule is CCc1cnc(-c2cc(C(C)(C)C=P)ccc2OC(F)F)s1. The van der Waals surface area contributed by atoms with Gasteiger partial charge in [-0.25, -0.2) is 4.98 Å². The lowest BCUT2D eigenvalue weighted by Gasteiger charge is -2.21. The summed E-state index contributed by atoms with van der Waals surface area (Å²) in [5.74, 6) is 2.04. The lowest BCUT2D eigenvalue weighted by atomic mass is 9.86. The minimum absolute atomic E-state index is 0.153. The fourth-order valence-corrected chi connectivity index (χ4v) is 3.02. The van der Waals surface area contributed by atoms with Crippen molar-refractivity contribution in [3.05, 3.63) is 34.8 Å². The predicted molar refractivity (Wildman–Crippen MR) is 91.0 cm³/mol. The van der Waals surface area contributed by atoms with Crippen molar-refractivity contribution in [2.45, 2.75) is 39.2 Å². The van der Waals surface area contributed by atoms with E-state index in [1.165, 1.54) is 11.3 Å². The van der Waals surface area contributed by atoms with E-state index in [-0.39, 0.29) is 11.2 Å². The Hall–Kier alpha value is -1.32. The van der Waals surface area contributed by atoms with E-state index in [4.69, 9.17) is 0 Å². The molecule has 0 saturated heterocycles. The maximum Gasteiger partial charge on any atom is 0.387 e. The molecule has 0 aliphatic carbocycles. The zero-order valence-corrected chi connectivity index (χ0v) is 14.5. The average Bonchev–Trinajstić information content (AvgIpc) is 2.95.